The highest BCUT2D eigenvalue weighted by Crippen LogP contribution is 2.50. The summed E-state index contributed by atoms with van der Waals surface area (Å²) in [5.41, 5.74) is 0.838. The lowest BCUT2D eigenvalue weighted by atomic mass is 9.60. The Morgan fingerprint density at radius 2 is 1.94 bits per heavy atom. The normalized spacial score (nSPS) is 17.4. The van der Waals surface area contributed by atoms with E-state index in [1.165, 1.54) is 4.90 Å². The molecule has 5 rings (SSSR count). The van der Waals surface area contributed by atoms with E-state index in [1.54, 1.807) is 35.8 Å². The number of hydrogen-bond donors (Lipinski definition) is 1. The van der Waals surface area contributed by atoms with E-state index in [0.717, 1.165) is 30.8 Å². The minimum atomic E-state index is -4.54. The van der Waals surface area contributed by atoms with Crippen LogP contribution >= 0.6 is 0 Å². The number of fused-ring (bicyclic) bond motifs is 1. The number of hydrogen-bond acceptors (Lipinski definition) is 4. The van der Waals surface area contributed by atoms with Crippen LogP contribution < -0.4 is 5.32 Å². The number of carbonyl (C=O) groups is 2. The number of alkyl halides is 3. The molecule has 1 aliphatic heterocycles. The van der Waals surface area contributed by atoms with Gasteiger partial charge in [0.15, 0.2) is 0 Å². The van der Waals surface area contributed by atoms with E-state index in [-0.39, 0.29) is 23.1 Å². The number of anilines is 1. The van der Waals surface area contributed by atoms with Gasteiger partial charge in [0.25, 0.3) is 5.91 Å². The van der Waals surface area contributed by atoms with Gasteiger partial charge in [-0.2, -0.15) is 18.3 Å². The van der Waals surface area contributed by atoms with Gasteiger partial charge in [-0.25, -0.2) is 9.31 Å². The summed E-state index contributed by atoms with van der Waals surface area (Å²) in [5.74, 6) is -0.0638. The molecule has 2 fully saturated rings. The van der Waals surface area contributed by atoms with Crippen LogP contribution in [0.15, 0.2) is 30.9 Å². The number of halogens is 3. The lowest BCUT2D eigenvalue weighted by Gasteiger charge is -2.60. The Bertz CT molecular complexity index is 1300. The van der Waals surface area contributed by atoms with Crippen molar-refractivity contribution >= 4 is 23.3 Å². The average molecular weight is 490 g/mol. The summed E-state index contributed by atoms with van der Waals surface area (Å²) in [6.07, 6.45) is 3.31. The van der Waals surface area contributed by atoms with Gasteiger partial charge in [-0.1, -0.05) is 6.92 Å². The fourth-order valence-corrected chi connectivity index (χ4v) is 5.16. The number of rotatable bonds is 4. The zero-order chi connectivity index (χ0) is 25.1. The number of pyridine rings is 1. The topological polar surface area (TPSA) is 87.8 Å². The van der Waals surface area contributed by atoms with Gasteiger partial charge >= 0.3 is 12.2 Å². The number of imidazole rings is 1. The highest BCUT2D eigenvalue weighted by atomic mass is 19.4. The first-order chi connectivity index (χ1) is 16.5. The van der Waals surface area contributed by atoms with Gasteiger partial charge < -0.3 is 19.7 Å². The molecule has 4 heterocycles. The molecular weight excluding hydrogens is 463 g/mol. The van der Waals surface area contributed by atoms with E-state index < -0.39 is 17.8 Å². The quantitative estimate of drug-likeness (QED) is 0.609. The first-order valence-electron chi connectivity index (χ1n) is 11.4. The molecule has 1 saturated heterocycles. The summed E-state index contributed by atoms with van der Waals surface area (Å²) in [6.45, 7) is 2.98. The lowest BCUT2D eigenvalue weighted by Crippen LogP contribution is -2.67. The zero-order valence-electron chi connectivity index (χ0n) is 19.6. The molecule has 9 nitrogen and oxygen atoms in total. The Hall–Kier alpha value is -3.57. The lowest BCUT2D eigenvalue weighted by molar-refractivity contribution is -0.137. The van der Waals surface area contributed by atoms with Crippen LogP contribution in [-0.2, 0) is 19.6 Å². The standard InChI is InChI=1S/C23H26F3N7O2/c1-4-17-18(7-14(10-27-17)23(24,25)26)29-21(35)31(3)15-8-22(9-15)12-32(13-22)20(34)16-11-28-33-6-5-30(2)19(16)33/h5-7,10-11,15H,4,8-9,12-13H2,1-3H3,(H,29,35). The van der Waals surface area contributed by atoms with Crippen molar-refractivity contribution in [2.24, 2.45) is 12.5 Å². The summed E-state index contributed by atoms with van der Waals surface area (Å²) < 4.78 is 42.8. The first kappa shape index (κ1) is 23.2. The van der Waals surface area contributed by atoms with Crippen molar-refractivity contribution in [2.75, 3.05) is 25.5 Å². The van der Waals surface area contributed by atoms with Crippen LogP contribution in [0, 0.1) is 5.41 Å². The second-order valence-electron chi connectivity index (χ2n) is 9.57. The smallest absolute Gasteiger partial charge is 0.337 e. The van der Waals surface area contributed by atoms with Gasteiger partial charge in [-0.05, 0) is 25.3 Å². The fourth-order valence-electron chi connectivity index (χ4n) is 5.16. The minimum Gasteiger partial charge on any atom is -0.337 e. The second-order valence-corrected chi connectivity index (χ2v) is 9.57. The summed E-state index contributed by atoms with van der Waals surface area (Å²) >= 11 is 0. The highest BCUT2D eigenvalue weighted by Gasteiger charge is 2.55. The maximum Gasteiger partial charge on any atom is 0.417 e. The van der Waals surface area contributed by atoms with Crippen LogP contribution in [0.5, 0.6) is 0 Å². The molecule has 0 radical (unpaired) electrons. The Kier molecular flexibility index (Phi) is 5.29. The average Bonchev–Trinajstić information content (AvgIpc) is 3.33. The Morgan fingerprint density at radius 1 is 1.23 bits per heavy atom. The van der Waals surface area contributed by atoms with Crippen LogP contribution in [0.1, 0.15) is 41.4 Å². The number of aromatic nitrogens is 4. The molecule has 1 aliphatic carbocycles. The maximum atomic E-state index is 13.1. The molecule has 186 valence electrons. The molecule has 2 aliphatic rings. The molecule has 1 spiro atoms. The van der Waals surface area contributed by atoms with Crippen LogP contribution in [0.2, 0.25) is 0 Å². The minimum absolute atomic E-state index is 0.0261. The number of aryl methyl sites for hydroxylation is 2. The predicted octanol–water partition coefficient (Wildman–Crippen LogP) is 3.42. The van der Waals surface area contributed by atoms with Crippen molar-refractivity contribution in [3.63, 3.8) is 0 Å². The molecule has 3 aromatic rings. The fraction of sp³-hybridized carbons (Fsp3) is 0.478. The predicted molar refractivity (Wildman–Crippen MR) is 121 cm³/mol. The molecule has 3 amide bonds. The van der Waals surface area contributed by atoms with Gasteiger partial charge in [0, 0.05) is 57.2 Å². The molecule has 0 atom stereocenters. The molecule has 1 saturated carbocycles. The molecule has 0 unspecified atom stereocenters. The largest absolute Gasteiger partial charge is 0.417 e. The van der Waals surface area contributed by atoms with Crippen molar-refractivity contribution in [2.45, 2.75) is 38.4 Å². The summed E-state index contributed by atoms with van der Waals surface area (Å²) in [6, 6.07) is 0.404. The van der Waals surface area contributed by atoms with E-state index in [1.807, 2.05) is 17.8 Å². The molecule has 0 bridgehead atoms. The second kappa shape index (κ2) is 7.99. The molecule has 0 aromatic carbocycles. The number of likely N-dealkylation sites (tertiary alicyclic amines) is 1. The van der Waals surface area contributed by atoms with Gasteiger partial charge in [0.05, 0.1) is 23.1 Å². The number of carbonyl (C=O) groups excluding carboxylic acids is 2. The van der Waals surface area contributed by atoms with Crippen LogP contribution in [0.25, 0.3) is 5.65 Å². The van der Waals surface area contributed by atoms with Crippen molar-refractivity contribution in [1.29, 1.82) is 0 Å². The van der Waals surface area contributed by atoms with Gasteiger partial charge in [-0.3, -0.25) is 9.78 Å². The SMILES string of the molecule is CCc1ncc(C(F)(F)F)cc1NC(=O)N(C)C1CC2(C1)CN(C(=O)c1cnn3ccn(C)c13)C2. The summed E-state index contributed by atoms with van der Waals surface area (Å²) in [5, 5.41) is 6.82. The third-order valence-electron chi connectivity index (χ3n) is 7.18. The van der Waals surface area contributed by atoms with Gasteiger partial charge in [-0.15, -0.1) is 0 Å². The first-order valence-corrected chi connectivity index (χ1v) is 11.4. The molecule has 12 heteroatoms. The van der Waals surface area contributed by atoms with E-state index in [0.29, 0.717) is 30.8 Å². The van der Waals surface area contributed by atoms with Crippen LogP contribution in [-0.4, -0.2) is 67.1 Å². The van der Waals surface area contributed by atoms with Crippen molar-refractivity contribution in [3.8, 4) is 0 Å². The molecule has 35 heavy (non-hydrogen) atoms. The van der Waals surface area contributed by atoms with Gasteiger partial charge in [0.2, 0.25) is 0 Å². The van der Waals surface area contributed by atoms with Crippen molar-refractivity contribution in [3.05, 3.63) is 47.7 Å². The summed E-state index contributed by atoms with van der Waals surface area (Å²) in [4.78, 5) is 32.9. The van der Waals surface area contributed by atoms with E-state index >= 15 is 0 Å². The third kappa shape index (κ3) is 3.90. The Morgan fingerprint density at radius 3 is 2.60 bits per heavy atom. The van der Waals surface area contributed by atoms with E-state index in [9.17, 15) is 22.8 Å². The monoisotopic (exact) mass is 489 g/mol. The number of urea groups is 1. The number of amides is 3. The Balaban J connectivity index is 1.18. The van der Waals surface area contributed by atoms with E-state index in [4.69, 9.17) is 0 Å². The van der Waals surface area contributed by atoms with Crippen LogP contribution in [0.3, 0.4) is 0 Å². The number of nitrogens with zero attached hydrogens (tertiary/aromatic N) is 6. The van der Waals surface area contributed by atoms with Crippen LogP contribution in [0.4, 0.5) is 23.7 Å². The Labute approximate surface area is 199 Å². The molecule has 3 aromatic heterocycles. The van der Waals surface area contributed by atoms with E-state index in [2.05, 4.69) is 15.4 Å². The summed E-state index contributed by atoms with van der Waals surface area (Å²) in [7, 11) is 3.50. The molecular formula is C23H26F3N7O2. The molecule has 1 N–H and O–H groups in total. The van der Waals surface area contributed by atoms with Crippen molar-refractivity contribution < 1.29 is 22.8 Å². The number of nitrogens with one attached hydrogen (secondary N) is 1. The maximum absolute atomic E-state index is 13.1. The zero-order valence-corrected chi connectivity index (χ0v) is 19.6. The van der Waals surface area contributed by atoms with Crippen molar-refractivity contribution in [1.82, 2.24) is 29.0 Å². The van der Waals surface area contributed by atoms with Gasteiger partial charge in [0.1, 0.15) is 11.2 Å². The highest BCUT2D eigenvalue weighted by molar-refractivity contribution is 6.00. The third-order valence-corrected chi connectivity index (χ3v) is 7.18.